The molecule has 1 amide bonds. The zero-order chi connectivity index (χ0) is 17.6. The SMILES string of the molecule is N#Cc1cccc(CSCC(=O)Nc2cccc(C(F)(F)F)c2)c1. The first-order chi connectivity index (χ1) is 11.4. The summed E-state index contributed by atoms with van der Waals surface area (Å²) >= 11 is 1.32. The van der Waals surface area contributed by atoms with E-state index >= 15 is 0 Å². The first-order valence-corrected chi connectivity index (χ1v) is 8.08. The van der Waals surface area contributed by atoms with Crippen LogP contribution in [0.4, 0.5) is 18.9 Å². The molecule has 0 aromatic heterocycles. The minimum absolute atomic E-state index is 0.104. The van der Waals surface area contributed by atoms with Crippen molar-refractivity contribution in [3.05, 3.63) is 65.2 Å². The zero-order valence-corrected chi connectivity index (χ0v) is 13.2. The fraction of sp³-hybridized carbons (Fsp3) is 0.176. The number of carbonyl (C=O) groups excluding carboxylic acids is 1. The number of amides is 1. The van der Waals surface area contributed by atoms with E-state index in [1.807, 2.05) is 12.1 Å². The van der Waals surface area contributed by atoms with Crippen molar-refractivity contribution >= 4 is 23.4 Å². The first kappa shape index (κ1) is 17.9. The molecule has 7 heteroatoms. The largest absolute Gasteiger partial charge is 0.416 e. The second-order valence-electron chi connectivity index (χ2n) is 4.93. The van der Waals surface area contributed by atoms with Crippen LogP contribution in [0, 0.1) is 11.3 Å². The van der Waals surface area contributed by atoms with Gasteiger partial charge in [-0.15, -0.1) is 11.8 Å². The van der Waals surface area contributed by atoms with Gasteiger partial charge in [-0.2, -0.15) is 18.4 Å². The monoisotopic (exact) mass is 350 g/mol. The second-order valence-corrected chi connectivity index (χ2v) is 5.92. The highest BCUT2D eigenvalue weighted by Crippen LogP contribution is 2.30. The molecular weight excluding hydrogens is 337 g/mol. The van der Waals surface area contributed by atoms with Crippen LogP contribution in [-0.4, -0.2) is 11.7 Å². The fourth-order valence-corrected chi connectivity index (χ4v) is 2.74. The van der Waals surface area contributed by atoms with Gasteiger partial charge >= 0.3 is 6.18 Å². The number of benzene rings is 2. The molecule has 24 heavy (non-hydrogen) atoms. The Balaban J connectivity index is 1.86. The maximum absolute atomic E-state index is 12.6. The molecule has 124 valence electrons. The van der Waals surface area contributed by atoms with Crippen LogP contribution in [0.25, 0.3) is 0 Å². The second kappa shape index (κ2) is 7.88. The highest BCUT2D eigenvalue weighted by Gasteiger charge is 2.30. The van der Waals surface area contributed by atoms with Crippen molar-refractivity contribution in [1.82, 2.24) is 0 Å². The van der Waals surface area contributed by atoms with Crippen molar-refractivity contribution in [3.63, 3.8) is 0 Å². The van der Waals surface area contributed by atoms with Crippen LogP contribution in [0.15, 0.2) is 48.5 Å². The Labute approximate surface area is 141 Å². The van der Waals surface area contributed by atoms with Gasteiger partial charge in [0.2, 0.25) is 5.91 Å². The van der Waals surface area contributed by atoms with Crippen molar-refractivity contribution in [2.24, 2.45) is 0 Å². The van der Waals surface area contributed by atoms with Gasteiger partial charge in [-0.25, -0.2) is 0 Å². The first-order valence-electron chi connectivity index (χ1n) is 6.92. The fourth-order valence-electron chi connectivity index (χ4n) is 1.96. The van der Waals surface area contributed by atoms with Gasteiger partial charge < -0.3 is 5.32 Å². The molecule has 0 heterocycles. The van der Waals surface area contributed by atoms with E-state index in [4.69, 9.17) is 5.26 Å². The third-order valence-corrected chi connectivity index (χ3v) is 4.04. The number of thioether (sulfide) groups is 1. The summed E-state index contributed by atoms with van der Waals surface area (Å²) in [5.41, 5.74) is 0.760. The molecule has 0 atom stereocenters. The van der Waals surface area contributed by atoms with Crippen LogP contribution in [0.1, 0.15) is 16.7 Å². The predicted octanol–water partition coefficient (Wildman–Crippen LogP) is 4.45. The van der Waals surface area contributed by atoms with E-state index in [-0.39, 0.29) is 17.3 Å². The molecule has 0 saturated carbocycles. The smallest absolute Gasteiger partial charge is 0.325 e. The summed E-state index contributed by atoms with van der Waals surface area (Å²) in [4.78, 5) is 11.8. The molecule has 0 bridgehead atoms. The number of rotatable bonds is 5. The van der Waals surface area contributed by atoms with Crippen LogP contribution in [0.2, 0.25) is 0 Å². The number of nitrogens with one attached hydrogen (secondary N) is 1. The van der Waals surface area contributed by atoms with Crippen LogP contribution in [-0.2, 0) is 16.7 Å². The van der Waals surface area contributed by atoms with Gasteiger partial charge in [0.05, 0.1) is 22.9 Å². The standard InChI is InChI=1S/C17H13F3N2OS/c18-17(19,20)14-5-2-6-15(8-14)22-16(23)11-24-10-13-4-1-3-12(7-13)9-21/h1-8H,10-11H2,(H,22,23). The molecular formula is C17H13F3N2OS. The van der Waals surface area contributed by atoms with Crippen molar-refractivity contribution in [3.8, 4) is 6.07 Å². The number of alkyl halides is 3. The lowest BCUT2D eigenvalue weighted by atomic mass is 10.2. The Hall–Kier alpha value is -2.46. The van der Waals surface area contributed by atoms with Gasteiger partial charge in [0.25, 0.3) is 0 Å². The highest BCUT2D eigenvalue weighted by molar-refractivity contribution is 7.99. The maximum atomic E-state index is 12.6. The van der Waals surface area contributed by atoms with Crippen LogP contribution in [0.5, 0.6) is 0 Å². The van der Waals surface area contributed by atoms with Gasteiger partial charge in [0.15, 0.2) is 0 Å². The molecule has 0 unspecified atom stereocenters. The molecule has 3 nitrogen and oxygen atoms in total. The summed E-state index contributed by atoms with van der Waals surface area (Å²) in [6, 6.07) is 13.6. The minimum atomic E-state index is -4.44. The molecule has 0 aliphatic rings. The third-order valence-electron chi connectivity index (χ3n) is 3.03. The van der Waals surface area contributed by atoms with Crippen molar-refractivity contribution < 1.29 is 18.0 Å². The number of anilines is 1. The lowest BCUT2D eigenvalue weighted by Gasteiger charge is -2.10. The number of hydrogen-bond acceptors (Lipinski definition) is 3. The van der Waals surface area contributed by atoms with Gasteiger partial charge in [0.1, 0.15) is 0 Å². The maximum Gasteiger partial charge on any atom is 0.416 e. The molecule has 0 spiro atoms. The normalized spacial score (nSPS) is 10.9. The van der Waals surface area contributed by atoms with E-state index in [0.717, 1.165) is 17.7 Å². The van der Waals surface area contributed by atoms with Gasteiger partial charge in [0, 0.05) is 11.4 Å². The highest BCUT2D eigenvalue weighted by atomic mass is 32.2. The third kappa shape index (κ3) is 5.32. The Kier molecular flexibility index (Phi) is 5.88. The van der Waals surface area contributed by atoms with E-state index in [0.29, 0.717) is 11.3 Å². The van der Waals surface area contributed by atoms with E-state index < -0.39 is 11.7 Å². The summed E-state index contributed by atoms with van der Waals surface area (Å²) in [6.07, 6.45) is -4.44. The number of carbonyl (C=O) groups is 1. The van der Waals surface area contributed by atoms with E-state index in [1.165, 1.54) is 23.9 Å². The number of halogens is 3. The summed E-state index contributed by atoms with van der Waals surface area (Å²) in [5.74, 6) is 0.259. The van der Waals surface area contributed by atoms with E-state index in [2.05, 4.69) is 5.32 Å². The lowest BCUT2D eigenvalue weighted by Crippen LogP contribution is -2.15. The van der Waals surface area contributed by atoms with Crippen molar-refractivity contribution in [1.29, 1.82) is 5.26 Å². The molecule has 2 aromatic rings. The van der Waals surface area contributed by atoms with Gasteiger partial charge in [-0.05, 0) is 35.9 Å². The molecule has 0 aliphatic heterocycles. The Morgan fingerprint density at radius 2 is 1.92 bits per heavy atom. The summed E-state index contributed by atoms with van der Waals surface area (Å²) in [5, 5.41) is 11.3. The van der Waals surface area contributed by atoms with Gasteiger partial charge in [-0.3, -0.25) is 4.79 Å². The molecule has 2 aromatic carbocycles. The number of hydrogen-bond donors (Lipinski definition) is 1. The summed E-state index contributed by atoms with van der Waals surface area (Å²) in [7, 11) is 0. The predicted molar refractivity (Wildman–Crippen MR) is 87.4 cm³/mol. The van der Waals surface area contributed by atoms with E-state index in [9.17, 15) is 18.0 Å². The molecule has 0 radical (unpaired) electrons. The zero-order valence-electron chi connectivity index (χ0n) is 12.4. The minimum Gasteiger partial charge on any atom is -0.325 e. The quantitative estimate of drug-likeness (QED) is 0.867. The van der Waals surface area contributed by atoms with Crippen LogP contribution < -0.4 is 5.32 Å². The number of nitriles is 1. The summed E-state index contributed by atoms with van der Waals surface area (Å²) < 4.78 is 37.9. The molecule has 0 saturated heterocycles. The average molecular weight is 350 g/mol. The van der Waals surface area contributed by atoms with Crippen LogP contribution in [0.3, 0.4) is 0 Å². The Bertz CT molecular complexity index is 769. The lowest BCUT2D eigenvalue weighted by molar-refractivity contribution is -0.137. The Morgan fingerprint density at radius 1 is 1.17 bits per heavy atom. The summed E-state index contributed by atoms with van der Waals surface area (Å²) in [6.45, 7) is 0. The Morgan fingerprint density at radius 3 is 2.62 bits per heavy atom. The van der Waals surface area contributed by atoms with Gasteiger partial charge in [-0.1, -0.05) is 18.2 Å². The molecule has 2 rings (SSSR count). The molecule has 1 N–H and O–H groups in total. The topological polar surface area (TPSA) is 52.9 Å². The van der Waals surface area contributed by atoms with Crippen molar-refractivity contribution in [2.45, 2.75) is 11.9 Å². The van der Waals surface area contributed by atoms with Crippen LogP contribution >= 0.6 is 11.8 Å². The molecule has 0 fully saturated rings. The van der Waals surface area contributed by atoms with E-state index in [1.54, 1.807) is 18.2 Å². The average Bonchev–Trinajstić information content (AvgIpc) is 2.54. The van der Waals surface area contributed by atoms with Crippen molar-refractivity contribution in [2.75, 3.05) is 11.1 Å². The molecule has 0 aliphatic carbocycles. The number of nitrogens with zero attached hydrogens (tertiary/aromatic N) is 1.